The molecule has 3 heteroatoms. The van der Waals surface area contributed by atoms with Crippen molar-refractivity contribution in [2.45, 2.75) is 54.4 Å². The topological polar surface area (TPSA) is 15.7 Å². The normalized spacial score (nSPS) is 20.4. The number of anilines is 4. The third-order valence-electron chi connectivity index (χ3n) is 12.1. The zero-order chi connectivity index (χ0) is 41.5. The molecule has 5 aromatic carbocycles. The SMILES string of the molecule is C=C/C=C(\C=C/C(C)c1ccccc1)N(C1=C/C=C(\C)C(C)(C)C(C)C(=C\C=C/C)/C(C)=C/1)c1ccc(-c2ccc(N3c4ccccc4Oc4ccccc43)cc2)cc1. The fraction of sp³-hybridized carbons (Fsp3) is 0.179. The van der Waals surface area contributed by atoms with Crippen LogP contribution in [0.1, 0.15) is 59.9 Å². The van der Waals surface area contributed by atoms with Gasteiger partial charge in [0.1, 0.15) is 0 Å². The lowest BCUT2D eigenvalue weighted by Crippen LogP contribution is -2.25. The monoisotopic (exact) mass is 772 g/mol. The fourth-order valence-corrected chi connectivity index (χ4v) is 7.94. The number of nitrogens with zero attached hydrogens (tertiary/aromatic N) is 2. The molecule has 0 spiro atoms. The van der Waals surface area contributed by atoms with Crippen LogP contribution in [0.3, 0.4) is 0 Å². The predicted octanol–water partition coefficient (Wildman–Crippen LogP) is 16.1. The Hall–Kier alpha value is -6.58. The van der Waals surface area contributed by atoms with Gasteiger partial charge in [-0.15, -0.1) is 0 Å². The van der Waals surface area contributed by atoms with Crippen LogP contribution >= 0.6 is 0 Å². The van der Waals surface area contributed by atoms with Crippen LogP contribution in [0.4, 0.5) is 22.7 Å². The van der Waals surface area contributed by atoms with Crippen molar-refractivity contribution < 1.29 is 4.74 Å². The van der Waals surface area contributed by atoms with Gasteiger partial charge in [-0.3, -0.25) is 0 Å². The zero-order valence-corrected chi connectivity index (χ0v) is 35.6. The standard InChI is InChI=1S/C56H56N2O/c1-9-11-22-51-41(4)39-50(34-28-42(5)56(7,8)43(51)6)57(47(19-10-2)33-27-40(3)44-20-13-12-14-21-44)48-35-29-45(30-36-48)46-31-37-49(38-32-46)58-52-23-15-17-25-54(52)59-55-26-18-16-24-53(55)58/h9-40,43H,2H2,1,3-8H3/b11-9-,33-27-,41-39+,42-28+,47-19+,50-34-,51-22-. The Morgan fingerprint density at radius 1 is 0.780 bits per heavy atom. The molecule has 0 N–H and O–H groups in total. The van der Waals surface area contributed by atoms with E-state index >= 15 is 0 Å². The van der Waals surface area contributed by atoms with E-state index in [1.807, 2.05) is 30.3 Å². The molecular weight excluding hydrogens is 717 g/mol. The average molecular weight is 773 g/mol. The number of benzene rings is 5. The molecule has 0 saturated carbocycles. The van der Waals surface area contributed by atoms with Gasteiger partial charge in [-0.1, -0.05) is 155 Å². The molecule has 0 bridgehead atoms. The van der Waals surface area contributed by atoms with Gasteiger partial charge in [0, 0.05) is 22.8 Å². The van der Waals surface area contributed by atoms with Crippen LogP contribution in [0, 0.1) is 11.3 Å². The van der Waals surface area contributed by atoms with Crippen LogP contribution in [-0.2, 0) is 0 Å². The molecule has 1 aliphatic heterocycles. The summed E-state index contributed by atoms with van der Waals surface area (Å²) in [6.07, 6.45) is 22.0. The lowest BCUT2D eigenvalue weighted by Gasteiger charge is -2.35. The largest absolute Gasteiger partial charge is 0.453 e. The highest BCUT2D eigenvalue weighted by Gasteiger charge is 2.32. The zero-order valence-electron chi connectivity index (χ0n) is 35.6. The highest BCUT2D eigenvalue weighted by molar-refractivity contribution is 5.86. The first kappa shape index (κ1) is 40.6. The van der Waals surface area contributed by atoms with E-state index in [4.69, 9.17) is 4.74 Å². The molecule has 0 aromatic heterocycles. The fourth-order valence-electron chi connectivity index (χ4n) is 7.94. The van der Waals surface area contributed by atoms with Crippen LogP contribution in [0.15, 0.2) is 223 Å². The van der Waals surface area contributed by atoms with Crippen LogP contribution in [-0.4, -0.2) is 0 Å². The second-order valence-corrected chi connectivity index (χ2v) is 16.0. The Morgan fingerprint density at radius 2 is 1.37 bits per heavy atom. The van der Waals surface area contributed by atoms with E-state index in [0.717, 1.165) is 56.8 Å². The molecule has 3 nitrogen and oxygen atoms in total. The van der Waals surface area contributed by atoms with E-state index in [2.05, 4.69) is 223 Å². The summed E-state index contributed by atoms with van der Waals surface area (Å²) in [6, 6.07) is 44.8. The van der Waals surface area contributed by atoms with E-state index in [1.165, 1.54) is 22.3 Å². The van der Waals surface area contributed by atoms with Gasteiger partial charge in [0.2, 0.25) is 0 Å². The quantitative estimate of drug-likeness (QED) is 0.129. The van der Waals surface area contributed by atoms with Crippen molar-refractivity contribution >= 4 is 22.7 Å². The summed E-state index contributed by atoms with van der Waals surface area (Å²) < 4.78 is 6.27. The molecule has 7 rings (SSSR count). The molecule has 0 saturated heterocycles. The maximum absolute atomic E-state index is 6.27. The van der Waals surface area contributed by atoms with Gasteiger partial charge in [-0.25, -0.2) is 0 Å². The third kappa shape index (κ3) is 8.66. The minimum atomic E-state index is -0.0458. The van der Waals surface area contributed by atoms with Gasteiger partial charge in [0.25, 0.3) is 0 Å². The van der Waals surface area contributed by atoms with Gasteiger partial charge in [0.05, 0.1) is 11.4 Å². The molecule has 0 amide bonds. The Kier molecular flexibility index (Phi) is 12.3. The molecule has 5 aromatic rings. The summed E-state index contributed by atoms with van der Waals surface area (Å²) in [5.41, 5.74) is 13.7. The molecule has 0 fully saturated rings. The Morgan fingerprint density at radius 3 is 1.98 bits per heavy atom. The first-order valence-electron chi connectivity index (χ1n) is 20.7. The van der Waals surface area contributed by atoms with Crippen molar-refractivity contribution in [2.75, 3.05) is 9.80 Å². The van der Waals surface area contributed by atoms with Crippen LogP contribution < -0.4 is 14.5 Å². The molecule has 0 radical (unpaired) electrons. The molecule has 2 aliphatic rings. The van der Waals surface area contributed by atoms with Crippen molar-refractivity contribution in [1.82, 2.24) is 0 Å². The second kappa shape index (κ2) is 17.9. The minimum Gasteiger partial charge on any atom is -0.453 e. The summed E-state index contributed by atoms with van der Waals surface area (Å²) in [7, 11) is 0. The number of fused-ring (bicyclic) bond motifs is 2. The van der Waals surface area contributed by atoms with Crippen molar-refractivity contribution in [2.24, 2.45) is 11.3 Å². The molecule has 59 heavy (non-hydrogen) atoms. The van der Waals surface area contributed by atoms with Gasteiger partial charge < -0.3 is 14.5 Å². The summed E-state index contributed by atoms with van der Waals surface area (Å²) in [4.78, 5) is 4.63. The van der Waals surface area contributed by atoms with Crippen molar-refractivity contribution in [3.63, 3.8) is 0 Å². The Labute approximate surface area is 352 Å². The van der Waals surface area contributed by atoms with Gasteiger partial charge in [-0.05, 0) is 139 Å². The van der Waals surface area contributed by atoms with E-state index in [9.17, 15) is 0 Å². The number of ether oxygens (including phenoxy) is 1. The summed E-state index contributed by atoms with van der Waals surface area (Å²) in [5, 5.41) is 0. The number of hydrogen-bond acceptors (Lipinski definition) is 3. The van der Waals surface area contributed by atoms with Gasteiger partial charge in [0.15, 0.2) is 11.5 Å². The van der Waals surface area contributed by atoms with E-state index in [0.29, 0.717) is 5.92 Å². The number of hydrogen-bond donors (Lipinski definition) is 0. The summed E-state index contributed by atoms with van der Waals surface area (Å²) in [6.45, 7) is 20.1. The van der Waals surface area contributed by atoms with E-state index < -0.39 is 0 Å². The predicted molar refractivity (Wildman–Crippen MR) is 253 cm³/mol. The van der Waals surface area contributed by atoms with Crippen molar-refractivity contribution in [3.8, 4) is 22.6 Å². The maximum Gasteiger partial charge on any atom is 0.151 e. The van der Waals surface area contributed by atoms with Crippen molar-refractivity contribution in [1.29, 1.82) is 0 Å². The minimum absolute atomic E-state index is 0.0458. The van der Waals surface area contributed by atoms with Gasteiger partial charge in [-0.2, -0.15) is 0 Å². The highest BCUT2D eigenvalue weighted by atomic mass is 16.5. The first-order chi connectivity index (χ1) is 28.6. The van der Waals surface area contributed by atoms with E-state index in [1.54, 1.807) is 0 Å². The number of para-hydroxylation sites is 4. The number of rotatable bonds is 10. The van der Waals surface area contributed by atoms with Crippen LogP contribution in [0.25, 0.3) is 11.1 Å². The smallest absolute Gasteiger partial charge is 0.151 e. The third-order valence-corrected chi connectivity index (χ3v) is 12.1. The maximum atomic E-state index is 6.27. The van der Waals surface area contributed by atoms with E-state index in [-0.39, 0.29) is 11.3 Å². The molecule has 296 valence electrons. The lowest BCUT2D eigenvalue weighted by molar-refractivity contribution is 0.330. The molecule has 2 unspecified atom stereocenters. The molecule has 2 atom stereocenters. The lowest BCUT2D eigenvalue weighted by atomic mass is 9.69. The van der Waals surface area contributed by atoms with Crippen LogP contribution in [0.2, 0.25) is 0 Å². The first-order valence-corrected chi connectivity index (χ1v) is 20.7. The highest BCUT2D eigenvalue weighted by Crippen LogP contribution is 2.50. The molecule has 1 heterocycles. The molecule has 1 aliphatic carbocycles. The Balaban J connectivity index is 1.29. The summed E-state index contributed by atoms with van der Waals surface area (Å²) in [5.74, 6) is 2.22. The van der Waals surface area contributed by atoms with Crippen LogP contribution in [0.5, 0.6) is 11.5 Å². The van der Waals surface area contributed by atoms with Crippen molar-refractivity contribution in [3.05, 3.63) is 228 Å². The molecular formula is C56H56N2O. The average Bonchev–Trinajstić information content (AvgIpc) is 3.29. The second-order valence-electron chi connectivity index (χ2n) is 16.0. The van der Waals surface area contributed by atoms with Gasteiger partial charge >= 0.3 is 0 Å². The number of allylic oxidation sites excluding steroid dienone is 13. The Bertz CT molecular complexity index is 2460. The summed E-state index contributed by atoms with van der Waals surface area (Å²) >= 11 is 0.